The fourth-order valence-corrected chi connectivity index (χ4v) is 3.02. The van der Waals surface area contributed by atoms with Crippen LogP contribution in [0.1, 0.15) is 45.6 Å². The van der Waals surface area contributed by atoms with Gasteiger partial charge in [0.15, 0.2) is 0 Å². The van der Waals surface area contributed by atoms with Gasteiger partial charge in [0, 0.05) is 19.1 Å². The Bertz CT molecular complexity index is 344. The van der Waals surface area contributed by atoms with Gasteiger partial charge in [-0.2, -0.15) is 0 Å². The highest BCUT2D eigenvalue weighted by Gasteiger charge is 2.38. The van der Waals surface area contributed by atoms with Gasteiger partial charge in [-0.15, -0.1) is 0 Å². The summed E-state index contributed by atoms with van der Waals surface area (Å²) in [6.07, 6.45) is 2.46. The Morgan fingerprint density at radius 2 is 1.74 bits per heavy atom. The zero-order chi connectivity index (χ0) is 14.3. The number of methoxy groups -OCH3 is 1. The average molecular weight is 264 g/mol. The number of hydrogen-bond donors (Lipinski definition) is 1. The van der Waals surface area contributed by atoms with E-state index >= 15 is 0 Å². The van der Waals surface area contributed by atoms with Crippen LogP contribution in [0.4, 0.5) is 0 Å². The van der Waals surface area contributed by atoms with E-state index in [2.05, 4.69) is 45.0 Å². The maximum atomic E-state index is 10.9. The molecule has 2 unspecified atom stereocenters. The summed E-state index contributed by atoms with van der Waals surface area (Å²) in [6.45, 7) is 7.16. The normalized spacial score (nSPS) is 15.2. The summed E-state index contributed by atoms with van der Waals surface area (Å²) in [5.41, 5.74) is 1.10. The predicted molar refractivity (Wildman–Crippen MR) is 80.4 cm³/mol. The maximum absolute atomic E-state index is 10.9. The van der Waals surface area contributed by atoms with Gasteiger partial charge >= 0.3 is 0 Å². The summed E-state index contributed by atoms with van der Waals surface area (Å²) in [5.74, 6) is 0.236. The third-order valence-electron chi connectivity index (χ3n) is 4.49. The van der Waals surface area contributed by atoms with Crippen molar-refractivity contribution in [1.82, 2.24) is 0 Å². The first-order chi connectivity index (χ1) is 9.12. The summed E-state index contributed by atoms with van der Waals surface area (Å²) < 4.78 is 5.14. The monoisotopic (exact) mass is 264 g/mol. The predicted octanol–water partition coefficient (Wildman–Crippen LogP) is 3.78. The molecule has 1 aromatic rings. The third-order valence-corrected chi connectivity index (χ3v) is 4.49. The lowest BCUT2D eigenvalue weighted by molar-refractivity contribution is 0.0161. The van der Waals surface area contributed by atoms with Crippen LogP contribution in [-0.2, 0) is 10.2 Å². The Balaban J connectivity index is 2.98. The van der Waals surface area contributed by atoms with Gasteiger partial charge in [-0.3, -0.25) is 0 Å². The average Bonchev–Trinajstić information content (AvgIpc) is 2.47. The molecule has 0 saturated carbocycles. The zero-order valence-corrected chi connectivity index (χ0v) is 12.7. The highest BCUT2D eigenvalue weighted by molar-refractivity contribution is 5.27. The Hall–Kier alpha value is -0.860. The van der Waals surface area contributed by atoms with Crippen molar-refractivity contribution in [3.63, 3.8) is 0 Å². The highest BCUT2D eigenvalue weighted by Crippen LogP contribution is 2.38. The molecule has 0 aliphatic carbocycles. The van der Waals surface area contributed by atoms with E-state index in [1.807, 2.05) is 6.07 Å². The molecule has 19 heavy (non-hydrogen) atoms. The van der Waals surface area contributed by atoms with E-state index in [0.29, 0.717) is 6.61 Å². The van der Waals surface area contributed by atoms with Crippen molar-refractivity contribution in [1.29, 1.82) is 0 Å². The summed E-state index contributed by atoms with van der Waals surface area (Å²) in [7, 11) is 1.71. The molecule has 1 rings (SSSR count). The largest absolute Gasteiger partial charge is 0.392 e. The maximum Gasteiger partial charge on any atom is 0.0662 e. The summed E-state index contributed by atoms with van der Waals surface area (Å²) in [6, 6.07) is 10.4. The molecule has 1 aromatic carbocycles. The molecule has 2 atom stereocenters. The second-order valence-electron chi connectivity index (χ2n) is 5.43. The topological polar surface area (TPSA) is 29.5 Å². The first-order valence-corrected chi connectivity index (χ1v) is 7.34. The summed E-state index contributed by atoms with van der Waals surface area (Å²) in [4.78, 5) is 0. The molecule has 0 spiro atoms. The molecular formula is C17H28O2. The molecule has 1 N–H and O–H groups in total. The van der Waals surface area contributed by atoms with Crippen molar-refractivity contribution in [2.75, 3.05) is 13.7 Å². The van der Waals surface area contributed by atoms with E-state index < -0.39 is 0 Å². The van der Waals surface area contributed by atoms with Crippen LogP contribution < -0.4 is 0 Å². The van der Waals surface area contributed by atoms with Crippen LogP contribution in [-0.4, -0.2) is 24.9 Å². The van der Waals surface area contributed by atoms with Crippen molar-refractivity contribution < 1.29 is 9.84 Å². The van der Waals surface area contributed by atoms with E-state index in [4.69, 9.17) is 4.74 Å². The molecule has 0 radical (unpaired) electrons. The van der Waals surface area contributed by atoms with Gasteiger partial charge in [-0.25, -0.2) is 0 Å². The molecule has 0 bridgehead atoms. The van der Waals surface area contributed by atoms with Gasteiger partial charge < -0.3 is 9.84 Å². The second-order valence-corrected chi connectivity index (χ2v) is 5.43. The quantitative estimate of drug-likeness (QED) is 0.774. The minimum Gasteiger partial charge on any atom is -0.392 e. The van der Waals surface area contributed by atoms with Crippen LogP contribution in [0.15, 0.2) is 30.3 Å². The number of rotatable bonds is 8. The first kappa shape index (κ1) is 16.2. The molecule has 0 aliphatic heterocycles. The van der Waals surface area contributed by atoms with Crippen LogP contribution in [0.5, 0.6) is 0 Å². The molecule has 0 saturated heterocycles. The SMILES string of the molecule is CCC(CC)(c1ccccc1)C(O)C(C)CCOC. The number of aliphatic hydroxyl groups is 1. The van der Waals surface area contributed by atoms with Crippen molar-refractivity contribution in [2.45, 2.75) is 51.6 Å². The Kier molecular flexibility index (Phi) is 6.53. The van der Waals surface area contributed by atoms with Crippen LogP contribution >= 0.6 is 0 Å². The van der Waals surface area contributed by atoms with Crippen LogP contribution in [0.25, 0.3) is 0 Å². The highest BCUT2D eigenvalue weighted by atomic mass is 16.5. The third kappa shape index (κ3) is 3.58. The molecule has 0 aromatic heterocycles. The van der Waals surface area contributed by atoms with E-state index in [-0.39, 0.29) is 17.4 Å². The van der Waals surface area contributed by atoms with Crippen LogP contribution in [0.2, 0.25) is 0 Å². The molecule has 2 nitrogen and oxygen atoms in total. The summed E-state index contributed by atoms with van der Waals surface area (Å²) in [5, 5.41) is 10.9. The Morgan fingerprint density at radius 3 is 2.21 bits per heavy atom. The van der Waals surface area contributed by atoms with Gasteiger partial charge in [0.2, 0.25) is 0 Å². The lowest BCUT2D eigenvalue weighted by atomic mass is 9.67. The van der Waals surface area contributed by atoms with Crippen LogP contribution in [0.3, 0.4) is 0 Å². The van der Waals surface area contributed by atoms with E-state index in [0.717, 1.165) is 19.3 Å². The first-order valence-electron chi connectivity index (χ1n) is 7.34. The van der Waals surface area contributed by atoms with Gasteiger partial charge in [-0.1, -0.05) is 51.1 Å². The molecule has 2 heteroatoms. The van der Waals surface area contributed by atoms with Gasteiger partial charge in [0.05, 0.1) is 6.10 Å². The van der Waals surface area contributed by atoms with E-state index in [1.54, 1.807) is 7.11 Å². The molecule has 0 heterocycles. The zero-order valence-electron chi connectivity index (χ0n) is 12.7. The molecule has 108 valence electrons. The number of hydrogen-bond acceptors (Lipinski definition) is 2. The molecule has 0 aliphatic rings. The van der Waals surface area contributed by atoms with Crippen molar-refractivity contribution in [3.8, 4) is 0 Å². The molecule has 0 fully saturated rings. The van der Waals surface area contributed by atoms with Crippen molar-refractivity contribution >= 4 is 0 Å². The minimum atomic E-state index is -0.333. The Morgan fingerprint density at radius 1 is 1.16 bits per heavy atom. The smallest absolute Gasteiger partial charge is 0.0662 e. The van der Waals surface area contributed by atoms with Gasteiger partial charge in [0.1, 0.15) is 0 Å². The number of aliphatic hydroxyl groups excluding tert-OH is 1. The van der Waals surface area contributed by atoms with Crippen molar-refractivity contribution in [2.24, 2.45) is 5.92 Å². The number of benzene rings is 1. The lowest BCUT2D eigenvalue weighted by Gasteiger charge is -2.40. The molecule has 0 amide bonds. The standard InChI is InChI=1S/C17H28O2/c1-5-17(6-2,15-10-8-7-9-11-15)16(18)14(3)12-13-19-4/h7-11,14,16,18H,5-6,12-13H2,1-4H3. The molecular weight excluding hydrogens is 236 g/mol. The lowest BCUT2D eigenvalue weighted by Crippen LogP contribution is -2.43. The Labute approximate surface area is 117 Å². The van der Waals surface area contributed by atoms with Crippen molar-refractivity contribution in [3.05, 3.63) is 35.9 Å². The summed E-state index contributed by atoms with van der Waals surface area (Å²) >= 11 is 0. The van der Waals surface area contributed by atoms with E-state index in [1.165, 1.54) is 5.56 Å². The second kappa shape index (κ2) is 7.66. The minimum absolute atomic E-state index is 0.144. The fourth-order valence-electron chi connectivity index (χ4n) is 3.02. The van der Waals surface area contributed by atoms with Gasteiger partial charge in [0.25, 0.3) is 0 Å². The van der Waals surface area contributed by atoms with Gasteiger partial charge in [-0.05, 0) is 30.7 Å². The van der Waals surface area contributed by atoms with Crippen LogP contribution in [0, 0.1) is 5.92 Å². The van der Waals surface area contributed by atoms with E-state index in [9.17, 15) is 5.11 Å². The fraction of sp³-hybridized carbons (Fsp3) is 0.647. The number of ether oxygens (including phenoxy) is 1.